The summed E-state index contributed by atoms with van der Waals surface area (Å²) in [5.41, 5.74) is 0.766. The van der Waals surface area contributed by atoms with Crippen molar-refractivity contribution in [2.75, 3.05) is 6.54 Å². The summed E-state index contributed by atoms with van der Waals surface area (Å²) >= 11 is 0. The maximum Gasteiger partial charge on any atom is 0.00965 e. The molecule has 1 heteroatoms. The zero-order chi connectivity index (χ0) is 13.4. The molecule has 0 saturated heterocycles. The quantitative estimate of drug-likeness (QED) is 0.550. The van der Waals surface area contributed by atoms with E-state index in [1.54, 1.807) is 0 Å². The monoisotopic (exact) mass is 241 g/mol. The van der Waals surface area contributed by atoms with Crippen LogP contribution in [0.2, 0.25) is 0 Å². The van der Waals surface area contributed by atoms with Crippen LogP contribution in [-0.2, 0) is 0 Å². The highest BCUT2D eigenvalue weighted by molar-refractivity contribution is 4.75. The van der Waals surface area contributed by atoms with Crippen molar-refractivity contribution in [3.05, 3.63) is 0 Å². The Hall–Kier alpha value is -0.0400. The smallest absolute Gasteiger partial charge is 0.00965 e. The van der Waals surface area contributed by atoms with Crippen molar-refractivity contribution in [3.63, 3.8) is 0 Å². The Balaban J connectivity index is 3.58. The van der Waals surface area contributed by atoms with Gasteiger partial charge in [-0.1, -0.05) is 52.9 Å². The van der Waals surface area contributed by atoms with Gasteiger partial charge in [0.2, 0.25) is 0 Å². The normalized spacial score (nSPS) is 13.1. The fourth-order valence-electron chi connectivity index (χ4n) is 2.11. The maximum atomic E-state index is 3.59. The lowest BCUT2D eigenvalue weighted by Crippen LogP contribution is -2.37. The molecule has 0 amide bonds. The summed E-state index contributed by atoms with van der Waals surface area (Å²) in [6.07, 6.45) is 9.67. The van der Waals surface area contributed by atoms with Crippen LogP contribution in [0.4, 0.5) is 0 Å². The average molecular weight is 241 g/mol. The molecule has 0 aliphatic carbocycles. The molecule has 0 aromatic heterocycles. The van der Waals surface area contributed by atoms with Crippen molar-refractivity contribution >= 4 is 0 Å². The molecule has 0 unspecified atom stereocenters. The summed E-state index contributed by atoms with van der Waals surface area (Å²) < 4.78 is 0. The number of nitrogens with one attached hydrogen (secondary N) is 1. The molecule has 0 heterocycles. The SMILES string of the molecule is CCCCCCCC(C)(C)CCNC(C)(C)C. The largest absolute Gasteiger partial charge is 0.312 e. The molecule has 0 radical (unpaired) electrons. The number of hydrogen-bond donors (Lipinski definition) is 1. The summed E-state index contributed by atoms with van der Waals surface area (Å²) in [6, 6.07) is 0. The van der Waals surface area contributed by atoms with Gasteiger partial charge in [0, 0.05) is 5.54 Å². The molecule has 1 nitrogen and oxygen atoms in total. The molecule has 0 aromatic rings. The topological polar surface area (TPSA) is 12.0 Å². The van der Waals surface area contributed by atoms with E-state index < -0.39 is 0 Å². The van der Waals surface area contributed by atoms with E-state index in [0.29, 0.717) is 5.41 Å². The summed E-state index contributed by atoms with van der Waals surface area (Å²) in [6.45, 7) is 15.0. The zero-order valence-corrected chi connectivity index (χ0v) is 13.2. The summed E-state index contributed by atoms with van der Waals surface area (Å²) in [5, 5.41) is 3.59. The van der Waals surface area contributed by atoms with Crippen LogP contribution in [0.1, 0.15) is 86.5 Å². The van der Waals surface area contributed by atoms with Crippen molar-refractivity contribution < 1.29 is 0 Å². The predicted molar refractivity (Wildman–Crippen MR) is 79.5 cm³/mol. The van der Waals surface area contributed by atoms with Gasteiger partial charge in [0.25, 0.3) is 0 Å². The van der Waals surface area contributed by atoms with Gasteiger partial charge in [-0.15, -0.1) is 0 Å². The summed E-state index contributed by atoms with van der Waals surface area (Å²) in [5.74, 6) is 0. The predicted octanol–water partition coefficient (Wildman–Crippen LogP) is 5.15. The van der Waals surface area contributed by atoms with Crippen molar-refractivity contribution in [3.8, 4) is 0 Å². The number of rotatable bonds is 9. The third kappa shape index (κ3) is 12.2. The molecule has 0 saturated carbocycles. The molecule has 1 N–H and O–H groups in total. The molecule has 0 aliphatic rings. The van der Waals surface area contributed by atoms with Gasteiger partial charge in [0.1, 0.15) is 0 Å². The first-order chi connectivity index (χ1) is 7.77. The second-order valence-electron chi connectivity index (χ2n) is 7.26. The second kappa shape index (κ2) is 8.13. The maximum absolute atomic E-state index is 3.59. The second-order valence-corrected chi connectivity index (χ2v) is 7.26. The Morgan fingerprint density at radius 1 is 0.765 bits per heavy atom. The van der Waals surface area contributed by atoms with E-state index in [2.05, 4.69) is 46.9 Å². The van der Waals surface area contributed by atoms with Gasteiger partial charge in [-0.05, 0) is 45.6 Å². The van der Waals surface area contributed by atoms with E-state index in [0.717, 1.165) is 6.54 Å². The minimum Gasteiger partial charge on any atom is -0.312 e. The van der Waals surface area contributed by atoms with Crippen LogP contribution in [0.5, 0.6) is 0 Å². The van der Waals surface area contributed by atoms with Crippen molar-refractivity contribution in [1.29, 1.82) is 0 Å². The lowest BCUT2D eigenvalue weighted by atomic mass is 9.83. The molecule has 0 rings (SSSR count). The third-order valence-corrected chi connectivity index (χ3v) is 3.41. The van der Waals surface area contributed by atoms with Crippen molar-refractivity contribution in [2.24, 2.45) is 5.41 Å². The van der Waals surface area contributed by atoms with Crippen LogP contribution in [0.25, 0.3) is 0 Å². The first kappa shape index (κ1) is 17.0. The lowest BCUT2D eigenvalue weighted by molar-refractivity contribution is 0.274. The Labute approximate surface area is 110 Å². The molecule has 17 heavy (non-hydrogen) atoms. The molecular formula is C16H35N. The zero-order valence-electron chi connectivity index (χ0n) is 13.2. The fourth-order valence-corrected chi connectivity index (χ4v) is 2.11. The van der Waals surface area contributed by atoms with E-state index >= 15 is 0 Å². The first-order valence-electron chi connectivity index (χ1n) is 7.52. The number of hydrogen-bond acceptors (Lipinski definition) is 1. The third-order valence-electron chi connectivity index (χ3n) is 3.41. The fraction of sp³-hybridized carbons (Fsp3) is 1.00. The molecule has 104 valence electrons. The van der Waals surface area contributed by atoms with E-state index in [1.165, 1.54) is 44.9 Å². The highest BCUT2D eigenvalue weighted by Crippen LogP contribution is 2.27. The van der Waals surface area contributed by atoms with E-state index in [4.69, 9.17) is 0 Å². The average Bonchev–Trinajstić information content (AvgIpc) is 2.14. The standard InChI is InChI=1S/C16H35N/c1-7-8-9-10-11-12-16(5,6)13-14-17-15(2,3)4/h17H,7-14H2,1-6H3. The summed E-state index contributed by atoms with van der Waals surface area (Å²) in [4.78, 5) is 0. The molecule has 0 spiro atoms. The molecule has 0 aliphatic heterocycles. The van der Waals surface area contributed by atoms with Crippen LogP contribution in [0, 0.1) is 5.41 Å². The van der Waals surface area contributed by atoms with E-state index in [-0.39, 0.29) is 5.54 Å². The molecular weight excluding hydrogens is 206 g/mol. The van der Waals surface area contributed by atoms with Gasteiger partial charge >= 0.3 is 0 Å². The van der Waals surface area contributed by atoms with Crippen LogP contribution in [0.3, 0.4) is 0 Å². The highest BCUT2D eigenvalue weighted by atomic mass is 14.9. The van der Waals surface area contributed by atoms with Crippen LogP contribution >= 0.6 is 0 Å². The number of unbranched alkanes of at least 4 members (excludes halogenated alkanes) is 4. The van der Waals surface area contributed by atoms with Crippen molar-refractivity contribution in [2.45, 2.75) is 92.0 Å². The van der Waals surface area contributed by atoms with Crippen LogP contribution in [-0.4, -0.2) is 12.1 Å². The van der Waals surface area contributed by atoms with E-state index in [9.17, 15) is 0 Å². The van der Waals surface area contributed by atoms with Gasteiger partial charge in [-0.25, -0.2) is 0 Å². The Kier molecular flexibility index (Phi) is 8.11. The summed E-state index contributed by atoms with van der Waals surface area (Å²) in [7, 11) is 0. The minimum atomic E-state index is 0.261. The van der Waals surface area contributed by atoms with Crippen molar-refractivity contribution in [1.82, 2.24) is 5.32 Å². The van der Waals surface area contributed by atoms with Gasteiger partial charge in [-0.3, -0.25) is 0 Å². The van der Waals surface area contributed by atoms with Gasteiger partial charge < -0.3 is 5.32 Å². The highest BCUT2D eigenvalue weighted by Gasteiger charge is 2.18. The lowest BCUT2D eigenvalue weighted by Gasteiger charge is -2.28. The van der Waals surface area contributed by atoms with Gasteiger partial charge in [0.15, 0.2) is 0 Å². The molecule has 0 aromatic carbocycles. The Bertz CT molecular complexity index is 176. The molecule has 0 bridgehead atoms. The molecule has 0 atom stereocenters. The van der Waals surface area contributed by atoms with Gasteiger partial charge in [0.05, 0.1) is 0 Å². The molecule has 0 fully saturated rings. The van der Waals surface area contributed by atoms with E-state index in [1.807, 2.05) is 0 Å². The Morgan fingerprint density at radius 3 is 1.88 bits per heavy atom. The Morgan fingerprint density at radius 2 is 1.35 bits per heavy atom. The first-order valence-corrected chi connectivity index (χ1v) is 7.52. The minimum absolute atomic E-state index is 0.261. The van der Waals surface area contributed by atoms with Gasteiger partial charge in [-0.2, -0.15) is 0 Å². The van der Waals surface area contributed by atoms with Crippen LogP contribution in [0.15, 0.2) is 0 Å². The van der Waals surface area contributed by atoms with Crippen LogP contribution < -0.4 is 5.32 Å².